The second-order valence-electron chi connectivity index (χ2n) is 5.75. The van der Waals surface area contributed by atoms with Gasteiger partial charge in [-0.25, -0.2) is 5.01 Å². The van der Waals surface area contributed by atoms with Crippen molar-refractivity contribution in [3.05, 3.63) is 70.2 Å². The van der Waals surface area contributed by atoms with Crippen LogP contribution in [0.4, 0.5) is 0 Å². The lowest BCUT2D eigenvalue weighted by atomic mass is 9.97. The molecule has 0 N–H and O–H groups in total. The molecule has 4 heteroatoms. The topological polar surface area (TPSA) is 32.7 Å². The van der Waals surface area contributed by atoms with Gasteiger partial charge < -0.3 is 0 Å². The van der Waals surface area contributed by atoms with Crippen LogP contribution in [-0.4, -0.2) is 16.6 Å². The number of hydrazone groups is 1. The predicted octanol–water partition coefficient (Wildman–Crippen LogP) is 4.74. The highest BCUT2D eigenvalue weighted by Gasteiger charge is 2.32. The van der Waals surface area contributed by atoms with Crippen LogP contribution in [0.25, 0.3) is 0 Å². The molecular formula is C19H19ClN2O. The molecule has 3 rings (SSSR count). The number of halogens is 1. The van der Waals surface area contributed by atoms with Gasteiger partial charge in [-0.3, -0.25) is 4.79 Å². The Balaban J connectivity index is 1.99. The number of amides is 1. The van der Waals surface area contributed by atoms with Gasteiger partial charge in [-0.05, 0) is 18.6 Å². The van der Waals surface area contributed by atoms with Crippen LogP contribution < -0.4 is 0 Å². The summed E-state index contributed by atoms with van der Waals surface area (Å²) >= 11 is 6.30. The number of benzene rings is 2. The molecule has 1 atom stereocenters. The van der Waals surface area contributed by atoms with Gasteiger partial charge >= 0.3 is 0 Å². The molecule has 1 aliphatic rings. The minimum atomic E-state index is -0.0615. The molecule has 2 aromatic rings. The Labute approximate surface area is 141 Å². The monoisotopic (exact) mass is 326 g/mol. The summed E-state index contributed by atoms with van der Waals surface area (Å²) in [5, 5.41) is 6.88. The predicted molar refractivity (Wildman–Crippen MR) is 93.7 cm³/mol. The highest BCUT2D eigenvalue weighted by atomic mass is 35.5. The van der Waals surface area contributed by atoms with Crippen LogP contribution in [0.5, 0.6) is 0 Å². The molecule has 2 aromatic carbocycles. The first kappa shape index (κ1) is 15.8. The lowest BCUT2D eigenvalue weighted by molar-refractivity contribution is -0.132. The van der Waals surface area contributed by atoms with Crippen molar-refractivity contribution in [1.29, 1.82) is 0 Å². The van der Waals surface area contributed by atoms with Crippen molar-refractivity contribution < 1.29 is 4.79 Å². The summed E-state index contributed by atoms with van der Waals surface area (Å²) in [6, 6.07) is 15.8. The standard InChI is InChI=1S/C19H19ClN2O/c1-3-19(23)22-18(14-8-6-7-13(2)11-14)12-17(21-22)15-9-4-5-10-16(15)20/h4-11,18H,3,12H2,1-2H3. The Morgan fingerprint density at radius 3 is 2.74 bits per heavy atom. The fourth-order valence-electron chi connectivity index (χ4n) is 2.90. The number of carbonyl (C=O) groups is 1. The van der Waals surface area contributed by atoms with Crippen LogP contribution in [0.1, 0.15) is 42.5 Å². The molecule has 1 heterocycles. The molecule has 118 valence electrons. The van der Waals surface area contributed by atoms with Crippen LogP contribution in [-0.2, 0) is 4.79 Å². The number of aryl methyl sites for hydroxylation is 1. The van der Waals surface area contributed by atoms with Crippen LogP contribution in [0.3, 0.4) is 0 Å². The van der Waals surface area contributed by atoms with Gasteiger partial charge in [-0.1, -0.05) is 66.6 Å². The second-order valence-corrected chi connectivity index (χ2v) is 6.16. The van der Waals surface area contributed by atoms with Gasteiger partial charge in [0.25, 0.3) is 0 Å². The van der Waals surface area contributed by atoms with Crippen LogP contribution in [0.15, 0.2) is 53.6 Å². The Hall–Kier alpha value is -2.13. The first-order valence-corrected chi connectivity index (χ1v) is 8.19. The van der Waals surface area contributed by atoms with Crippen molar-refractivity contribution in [2.24, 2.45) is 5.10 Å². The van der Waals surface area contributed by atoms with Crippen molar-refractivity contribution in [3.63, 3.8) is 0 Å². The minimum Gasteiger partial charge on any atom is -0.273 e. The summed E-state index contributed by atoms with van der Waals surface area (Å²) in [7, 11) is 0. The van der Waals surface area contributed by atoms with E-state index in [1.807, 2.05) is 37.3 Å². The summed E-state index contributed by atoms with van der Waals surface area (Å²) in [6.07, 6.45) is 1.11. The van der Waals surface area contributed by atoms with E-state index >= 15 is 0 Å². The van der Waals surface area contributed by atoms with Crippen molar-refractivity contribution in [3.8, 4) is 0 Å². The second kappa shape index (κ2) is 6.55. The number of nitrogens with zero attached hydrogens (tertiary/aromatic N) is 2. The van der Waals surface area contributed by atoms with E-state index in [0.717, 1.165) is 16.8 Å². The number of hydrogen-bond acceptors (Lipinski definition) is 2. The molecule has 0 saturated heterocycles. The van der Waals surface area contributed by atoms with Crippen molar-refractivity contribution in [2.45, 2.75) is 32.7 Å². The van der Waals surface area contributed by atoms with Crippen molar-refractivity contribution in [1.82, 2.24) is 5.01 Å². The lowest BCUT2D eigenvalue weighted by Crippen LogP contribution is -2.26. The zero-order chi connectivity index (χ0) is 16.4. The molecule has 0 aliphatic carbocycles. The molecule has 1 amide bonds. The Kier molecular flexibility index (Phi) is 4.49. The lowest BCUT2D eigenvalue weighted by Gasteiger charge is -2.21. The van der Waals surface area contributed by atoms with Gasteiger partial charge in [0.05, 0.1) is 11.8 Å². The normalized spacial score (nSPS) is 17.3. The van der Waals surface area contributed by atoms with Gasteiger partial charge in [-0.15, -0.1) is 0 Å². The molecule has 0 bridgehead atoms. The highest BCUT2D eigenvalue weighted by Crippen LogP contribution is 2.34. The molecular weight excluding hydrogens is 308 g/mol. The van der Waals surface area contributed by atoms with Gasteiger partial charge in [0.1, 0.15) is 0 Å². The van der Waals surface area contributed by atoms with Gasteiger partial charge in [-0.2, -0.15) is 5.10 Å². The molecule has 0 aromatic heterocycles. The molecule has 1 aliphatic heterocycles. The van der Waals surface area contributed by atoms with E-state index in [0.29, 0.717) is 17.9 Å². The third-order valence-electron chi connectivity index (χ3n) is 4.08. The molecule has 0 radical (unpaired) electrons. The van der Waals surface area contributed by atoms with Gasteiger partial charge in [0.2, 0.25) is 5.91 Å². The number of carbonyl (C=O) groups excluding carboxylic acids is 1. The van der Waals surface area contributed by atoms with E-state index in [4.69, 9.17) is 11.6 Å². The van der Waals surface area contributed by atoms with Gasteiger partial charge in [0, 0.05) is 23.4 Å². The minimum absolute atomic E-state index is 0.0264. The largest absolute Gasteiger partial charge is 0.273 e. The van der Waals surface area contributed by atoms with E-state index in [-0.39, 0.29) is 11.9 Å². The maximum atomic E-state index is 12.3. The highest BCUT2D eigenvalue weighted by molar-refractivity contribution is 6.34. The van der Waals surface area contributed by atoms with E-state index in [2.05, 4.69) is 30.2 Å². The Morgan fingerprint density at radius 1 is 1.26 bits per heavy atom. The smallest absolute Gasteiger partial charge is 0.242 e. The molecule has 23 heavy (non-hydrogen) atoms. The van der Waals surface area contributed by atoms with E-state index in [1.54, 1.807) is 5.01 Å². The Morgan fingerprint density at radius 2 is 2.04 bits per heavy atom. The summed E-state index contributed by atoms with van der Waals surface area (Å²) in [6.45, 7) is 3.92. The maximum absolute atomic E-state index is 12.3. The third kappa shape index (κ3) is 3.15. The maximum Gasteiger partial charge on any atom is 0.242 e. The van der Waals surface area contributed by atoms with Gasteiger partial charge in [0.15, 0.2) is 0 Å². The fourth-order valence-corrected chi connectivity index (χ4v) is 3.14. The summed E-state index contributed by atoms with van der Waals surface area (Å²) < 4.78 is 0. The first-order chi connectivity index (χ1) is 11.1. The van der Waals surface area contributed by atoms with Crippen LogP contribution in [0.2, 0.25) is 5.02 Å². The molecule has 0 saturated carbocycles. The quantitative estimate of drug-likeness (QED) is 0.802. The molecule has 0 spiro atoms. The molecule has 0 fully saturated rings. The van der Waals surface area contributed by atoms with Crippen molar-refractivity contribution in [2.75, 3.05) is 0 Å². The van der Waals surface area contributed by atoms with Crippen LogP contribution >= 0.6 is 11.6 Å². The zero-order valence-electron chi connectivity index (χ0n) is 13.3. The molecule has 1 unspecified atom stereocenters. The fraction of sp³-hybridized carbons (Fsp3) is 0.263. The third-order valence-corrected chi connectivity index (χ3v) is 4.41. The summed E-state index contributed by atoms with van der Waals surface area (Å²) in [5.41, 5.74) is 4.05. The summed E-state index contributed by atoms with van der Waals surface area (Å²) in [5.74, 6) is 0.0264. The summed E-state index contributed by atoms with van der Waals surface area (Å²) in [4.78, 5) is 12.3. The SMILES string of the molecule is CCC(=O)N1N=C(c2ccccc2Cl)CC1c1cccc(C)c1. The average molecular weight is 327 g/mol. The van der Waals surface area contributed by atoms with E-state index in [9.17, 15) is 4.79 Å². The molecule has 3 nitrogen and oxygen atoms in total. The van der Waals surface area contributed by atoms with E-state index < -0.39 is 0 Å². The average Bonchev–Trinajstić information content (AvgIpc) is 2.99. The zero-order valence-corrected chi connectivity index (χ0v) is 14.0. The van der Waals surface area contributed by atoms with Crippen molar-refractivity contribution >= 4 is 23.2 Å². The number of rotatable bonds is 3. The first-order valence-electron chi connectivity index (χ1n) is 7.81. The Bertz CT molecular complexity index is 769. The number of hydrogen-bond donors (Lipinski definition) is 0. The van der Waals surface area contributed by atoms with E-state index in [1.165, 1.54) is 5.56 Å². The van der Waals surface area contributed by atoms with Crippen LogP contribution in [0, 0.1) is 6.92 Å².